The van der Waals surface area contributed by atoms with Gasteiger partial charge in [0, 0.05) is 6.07 Å². The first-order valence-corrected chi connectivity index (χ1v) is 10.1. The van der Waals surface area contributed by atoms with Crippen molar-refractivity contribution in [2.75, 3.05) is 11.8 Å². The zero-order chi connectivity index (χ0) is 21.9. The Morgan fingerprint density at radius 3 is 2.33 bits per heavy atom. The first kappa shape index (κ1) is 20.9. The first-order valence-electron chi connectivity index (χ1n) is 8.60. The number of carboxylic acid groups (broad SMARTS) is 1. The summed E-state index contributed by atoms with van der Waals surface area (Å²) in [5.74, 6) is -2.45. The Morgan fingerprint density at radius 2 is 1.67 bits per heavy atom. The highest BCUT2D eigenvalue weighted by molar-refractivity contribution is 7.92. The molecule has 3 aromatic rings. The molecule has 154 valence electrons. The van der Waals surface area contributed by atoms with Gasteiger partial charge in [0.25, 0.3) is 10.0 Å². The quantitative estimate of drug-likeness (QED) is 0.514. The Morgan fingerprint density at radius 1 is 0.933 bits per heavy atom. The Balaban J connectivity index is 1.97. The fourth-order valence-electron chi connectivity index (χ4n) is 2.84. The predicted octanol–water partition coefficient (Wildman–Crippen LogP) is 3.34. The van der Waals surface area contributed by atoms with Crippen molar-refractivity contribution in [1.82, 2.24) is 0 Å². The molecule has 8 nitrogen and oxygen atoms in total. The maximum Gasteiger partial charge on any atom is 0.339 e. The Hall–Kier alpha value is -3.85. The minimum atomic E-state index is -4.06. The number of carbonyl (C=O) groups is 2. The van der Waals surface area contributed by atoms with Gasteiger partial charge in [0.15, 0.2) is 0 Å². The maximum atomic E-state index is 12.8. The van der Waals surface area contributed by atoms with E-state index in [9.17, 15) is 23.1 Å². The van der Waals surface area contributed by atoms with Gasteiger partial charge in [0.05, 0.1) is 23.3 Å². The second-order valence-electron chi connectivity index (χ2n) is 6.21. The summed E-state index contributed by atoms with van der Waals surface area (Å²) in [5.41, 5.74) is 0.932. The average molecular weight is 427 g/mol. The Bertz CT molecular complexity index is 1240. The number of nitrogens with one attached hydrogen (secondary N) is 1. The predicted molar refractivity (Wildman–Crippen MR) is 109 cm³/mol. The summed E-state index contributed by atoms with van der Waals surface area (Å²) in [6.07, 6.45) is 0. The molecule has 0 heterocycles. The summed E-state index contributed by atoms with van der Waals surface area (Å²) in [7, 11) is -2.80. The molecule has 0 aromatic heterocycles. The molecule has 0 unspecified atom stereocenters. The van der Waals surface area contributed by atoms with Gasteiger partial charge in [-0.1, -0.05) is 30.3 Å². The van der Waals surface area contributed by atoms with Gasteiger partial charge in [-0.2, -0.15) is 0 Å². The van der Waals surface area contributed by atoms with Crippen molar-refractivity contribution in [1.29, 1.82) is 0 Å². The first-order chi connectivity index (χ1) is 14.2. The van der Waals surface area contributed by atoms with Gasteiger partial charge in [0.1, 0.15) is 11.3 Å². The fourth-order valence-corrected chi connectivity index (χ4v) is 3.94. The number of aromatic carboxylic acids is 1. The van der Waals surface area contributed by atoms with Crippen LogP contribution in [0.3, 0.4) is 0 Å². The van der Waals surface area contributed by atoms with Crippen molar-refractivity contribution < 1.29 is 33.0 Å². The van der Waals surface area contributed by atoms with E-state index in [1.165, 1.54) is 31.4 Å². The van der Waals surface area contributed by atoms with Crippen LogP contribution in [0.5, 0.6) is 5.75 Å². The molecule has 0 amide bonds. The number of phenols is 1. The van der Waals surface area contributed by atoms with Crippen LogP contribution in [0.15, 0.2) is 71.6 Å². The Labute approximate surface area is 172 Å². The van der Waals surface area contributed by atoms with Crippen LogP contribution in [0.25, 0.3) is 11.1 Å². The fraction of sp³-hybridized carbons (Fsp3) is 0.0476. The number of esters is 1. The highest BCUT2D eigenvalue weighted by Crippen LogP contribution is 2.28. The van der Waals surface area contributed by atoms with E-state index < -0.39 is 27.7 Å². The van der Waals surface area contributed by atoms with Crippen molar-refractivity contribution in [3.8, 4) is 16.9 Å². The number of rotatable bonds is 6. The van der Waals surface area contributed by atoms with E-state index in [2.05, 4.69) is 4.72 Å². The van der Waals surface area contributed by atoms with Crippen LogP contribution in [0.4, 0.5) is 5.69 Å². The summed E-state index contributed by atoms with van der Waals surface area (Å²) in [4.78, 5) is 22.9. The molecule has 3 N–H and O–H groups in total. The normalized spacial score (nSPS) is 11.0. The van der Waals surface area contributed by atoms with Crippen LogP contribution in [0, 0.1) is 0 Å². The van der Waals surface area contributed by atoms with Gasteiger partial charge in [-0.05, 0) is 41.5 Å². The summed E-state index contributed by atoms with van der Waals surface area (Å²) in [5, 5.41) is 18.7. The number of hydrogen-bond acceptors (Lipinski definition) is 6. The molecule has 0 saturated heterocycles. The van der Waals surface area contributed by atoms with E-state index in [0.29, 0.717) is 11.1 Å². The zero-order valence-electron chi connectivity index (χ0n) is 15.7. The summed E-state index contributed by atoms with van der Waals surface area (Å²) < 4.78 is 32.7. The van der Waals surface area contributed by atoms with E-state index in [0.717, 1.165) is 12.1 Å². The highest BCUT2D eigenvalue weighted by Gasteiger charge is 2.19. The van der Waals surface area contributed by atoms with Gasteiger partial charge in [-0.15, -0.1) is 0 Å². The molecule has 3 rings (SSSR count). The van der Waals surface area contributed by atoms with Crippen LogP contribution in [0.2, 0.25) is 0 Å². The second kappa shape index (κ2) is 8.26. The molecular weight excluding hydrogens is 410 g/mol. The third kappa shape index (κ3) is 4.26. The standard InChI is InChI=1S/C21H17NO7S/c1-29-21(26)17-8-3-2-7-16(17)13-5-4-6-15(11-13)30(27,28)22-14-9-10-18(20(24)25)19(23)12-14/h2-12,22-23H,1H3,(H,24,25). The summed E-state index contributed by atoms with van der Waals surface area (Å²) in [6, 6.07) is 15.9. The largest absolute Gasteiger partial charge is 0.507 e. The van der Waals surface area contributed by atoms with Crippen LogP contribution in [-0.2, 0) is 14.8 Å². The lowest BCUT2D eigenvalue weighted by atomic mass is 10.00. The number of ether oxygens (including phenoxy) is 1. The molecule has 9 heteroatoms. The minimum absolute atomic E-state index is 0.00198. The second-order valence-corrected chi connectivity index (χ2v) is 7.89. The lowest BCUT2D eigenvalue weighted by molar-refractivity contribution is 0.0600. The lowest BCUT2D eigenvalue weighted by Gasteiger charge is -2.12. The van der Waals surface area contributed by atoms with Crippen LogP contribution < -0.4 is 4.72 Å². The number of sulfonamides is 1. The number of carbonyl (C=O) groups excluding carboxylic acids is 1. The van der Waals surface area contributed by atoms with Gasteiger partial charge in [-0.25, -0.2) is 18.0 Å². The minimum Gasteiger partial charge on any atom is -0.507 e. The van der Waals surface area contributed by atoms with Crippen molar-refractivity contribution >= 4 is 27.6 Å². The highest BCUT2D eigenvalue weighted by atomic mass is 32.2. The van der Waals surface area contributed by atoms with Crippen LogP contribution in [-0.4, -0.2) is 37.7 Å². The van der Waals surface area contributed by atoms with Gasteiger partial charge >= 0.3 is 11.9 Å². The van der Waals surface area contributed by atoms with E-state index in [4.69, 9.17) is 9.84 Å². The van der Waals surface area contributed by atoms with E-state index >= 15 is 0 Å². The Kier molecular flexibility index (Phi) is 5.74. The molecule has 0 aliphatic carbocycles. The molecule has 0 aliphatic rings. The molecule has 0 aliphatic heterocycles. The molecule has 0 atom stereocenters. The number of aromatic hydroxyl groups is 1. The van der Waals surface area contributed by atoms with Gasteiger partial charge in [-0.3, -0.25) is 4.72 Å². The lowest BCUT2D eigenvalue weighted by Crippen LogP contribution is -2.13. The molecule has 0 bridgehead atoms. The van der Waals surface area contributed by atoms with Crippen molar-refractivity contribution in [2.45, 2.75) is 4.90 Å². The topological polar surface area (TPSA) is 130 Å². The van der Waals surface area contributed by atoms with E-state index in [-0.39, 0.29) is 21.7 Å². The smallest absolute Gasteiger partial charge is 0.339 e. The molecule has 0 spiro atoms. The van der Waals surface area contributed by atoms with Gasteiger partial charge < -0.3 is 14.9 Å². The monoisotopic (exact) mass is 427 g/mol. The van der Waals surface area contributed by atoms with Crippen LogP contribution >= 0.6 is 0 Å². The van der Waals surface area contributed by atoms with E-state index in [1.807, 2.05) is 0 Å². The maximum absolute atomic E-state index is 12.8. The van der Waals surface area contributed by atoms with E-state index in [1.54, 1.807) is 30.3 Å². The van der Waals surface area contributed by atoms with Crippen molar-refractivity contribution in [2.24, 2.45) is 0 Å². The zero-order valence-corrected chi connectivity index (χ0v) is 16.5. The van der Waals surface area contributed by atoms with Crippen LogP contribution in [0.1, 0.15) is 20.7 Å². The number of hydrogen-bond donors (Lipinski definition) is 3. The molecule has 30 heavy (non-hydrogen) atoms. The number of anilines is 1. The number of methoxy groups -OCH3 is 1. The summed E-state index contributed by atoms with van der Waals surface area (Å²) >= 11 is 0. The third-order valence-electron chi connectivity index (χ3n) is 4.27. The van der Waals surface area contributed by atoms with Crippen molar-refractivity contribution in [3.63, 3.8) is 0 Å². The van der Waals surface area contributed by atoms with Crippen molar-refractivity contribution in [3.05, 3.63) is 77.9 Å². The number of benzene rings is 3. The molecule has 0 saturated carbocycles. The molecule has 0 radical (unpaired) electrons. The molecule has 3 aromatic carbocycles. The molecular formula is C21H17NO7S. The van der Waals surface area contributed by atoms with Gasteiger partial charge in [0.2, 0.25) is 0 Å². The third-order valence-corrected chi connectivity index (χ3v) is 5.65. The average Bonchev–Trinajstić information content (AvgIpc) is 2.72. The molecule has 0 fully saturated rings. The SMILES string of the molecule is COC(=O)c1ccccc1-c1cccc(S(=O)(=O)Nc2ccc(C(=O)O)c(O)c2)c1. The number of carboxylic acids is 1. The summed E-state index contributed by atoms with van der Waals surface area (Å²) in [6.45, 7) is 0.